The number of benzene rings is 1. The molecule has 0 aliphatic carbocycles. The molecule has 0 bridgehead atoms. The van der Waals surface area contributed by atoms with Crippen LogP contribution in [0.4, 0.5) is 0 Å². The standard InChI is InChI=1S/C14H18N2O4/c1-10(17)15-9-13(18)16-12(7-8-14(19)20)11-5-3-2-4-6-11/h2-6,12H,7-9H2,1H3,(H,15,17)(H,16,18)(H,19,20). The lowest BCUT2D eigenvalue weighted by molar-refractivity contribution is -0.137. The van der Waals surface area contributed by atoms with E-state index in [2.05, 4.69) is 10.6 Å². The first-order valence-electron chi connectivity index (χ1n) is 6.29. The van der Waals surface area contributed by atoms with E-state index in [1.54, 1.807) is 0 Å². The highest BCUT2D eigenvalue weighted by molar-refractivity contribution is 5.83. The molecule has 0 aliphatic rings. The summed E-state index contributed by atoms with van der Waals surface area (Å²) in [5.74, 6) is -1.55. The van der Waals surface area contributed by atoms with Crippen molar-refractivity contribution in [2.75, 3.05) is 6.54 Å². The molecule has 0 heterocycles. The summed E-state index contributed by atoms with van der Waals surface area (Å²) in [5, 5.41) is 13.9. The van der Waals surface area contributed by atoms with Gasteiger partial charge in [0.05, 0.1) is 12.6 Å². The summed E-state index contributed by atoms with van der Waals surface area (Å²) in [5.41, 5.74) is 0.838. The van der Waals surface area contributed by atoms with E-state index >= 15 is 0 Å². The summed E-state index contributed by atoms with van der Waals surface area (Å²) in [4.78, 5) is 33.1. The number of hydrogen-bond donors (Lipinski definition) is 3. The maximum atomic E-state index is 11.7. The third-order valence-electron chi connectivity index (χ3n) is 2.68. The predicted octanol–water partition coefficient (Wildman–Crippen LogP) is 0.845. The summed E-state index contributed by atoms with van der Waals surface area (Å²) < 4.78 is 0. The van der Waals surface area contributed by atoms with Gasteiger partial charge in [-0.25, -0.2) is 0 Å². The van der Waals surface area contributed by atoms with Gasteiger partial charge in [-0.15, -0.1) is 0 Å². The van der Waals surface area contributed by atoms with Crippen molar-refractivity contribution in [1.29, 1.82) is 0 Å². The third kappa shape index (κ3) is 5.99. The fourth-order valence-electron chi connectivity index (χ4n) is 1.73. The molecule has 0 spiro atoms. The van der Waals surface area contributed by atoms with E-state index in [1.807, 2.05) is 30.3 Å². The number of rotatable bonds is 7. The quantitative estimate of drug-likeness (QED) is 0.689. The molecule has 0 saturated carbocycles. The first-order chi connectivity index (χ1) is 9.49. The van der Waals surface area contributed by atoms with Gasteiger partial charge in [0.25, 0.3) is 0 Å². The summed E-state index contributed by atoms with van der Waals surface area (Å²) in [7, 11) is 0. The molecule has 0 saturated heterocycles. The minimum Gasteiger partial charge on any atom is -0.481 e. The number of aliphatic carboxylic acids is 1. The van der Waals surface area contributed by atoms with Crippen LogP contribution < -0.4 is 10.6 Å². The van der Waals surface area contributed by atoms with Gasteiger partial charge in [0.2, 0.25) is 11.8 Å². The van der Waals surface area contributed by atoms with Gasteiger partial charge < -0.3 is 15.7 Å². The first kappa shape index (κ1) is 15.7. The average molecular weight is 278 g/mol. The second-order valence-electron chi connectivity index (χ2n) is 4.37. The van der Waals surface area contributed by atoms with Gasteiger partial charge in [-0.2, -0.15) is 0 Å². The summed E-state index contributed by atoms with van der Waals surface area (Å²) >= 11 is 0. The molecule has 2 amide bonds. The van der Waals surface area contributed by atoms with Crippen molar-refractivity contribution in [3.8, 4) is 0 Å². The lowest BCUT2D eigenvalue weighted by Gasteiger charge is -2.18. The van der Waals surface area contributed by atoms with Crippen molar-refractivity contribution in [2.24, 2.45) is 0 Å². The summed E-state index contributed by atoms with van der Waals surface area (Å²) in [6, 6.07) is 8.76. The number of carbonyl (C=O) groups excluding carboxylic acids is 2. The Kier molecular flexibility index (Phi) is 6.22. The van der Waals surface area contributed by atoms with Crippen LogP contribution in [0.25, 0.3) is 0 Å². The van der Waals surface area contributed by atoms with Crippen molar-refractivity contribution >= 4 is 17.8 Å². The van der Waals surface area contributed by atoms with Gasteiger partial charge >= 0.3 is 5.97 Å². The number of carbonyl (C=O) groups is 3. The van der Waals surface area contributed by atoms with Crippen LogP contribution in [0.15, 0.2) is 30.3 Å². The number of carboxylic acids is 1. The lowest BCUT2D eigenvalue weighted by Crippen LogP contribution is -2.38. The van der Waals surface area contributed by atoms with E-state index in [9.17, 15) is 14.4 Å². The Bertz CT molecular complexity index is 473. The number of hydrogen-bond acceptors (Lipinski definition) is 3. The van der Waals surface area contributed by atoms with Crippen molar-refractivity contribution in [1.82, 2.24) is 10.6 Å². The van der Waals surface area contributed by atoms with Crippen LogP contribution in [0.5, 0.6) is 0 Å². The number of carboxylic acid groups (broad SMARTS) is 1. The molecular formula is C14H18N2O4. The van der Waals surface area contributed by atoms with Gasteiger partial charge in [0.15, 0.2) is 0 Å². The van der Waals surface area contributed by atoms with Crippen LogP contribution in [0.1, 0.15) is 31.4 Å². The zero-order chi connectivity index (χ0) is 15.0. The fourth-order valence-corrected chi connectivity index (χ4v) is 1.73. The number of nitrogens with one attached hydrogen (secondary N) is 2. The highest BCUT2D eigenvalue weighted by atomic mass is 16.4. The van der Waals surface area contributed by atoms with E-state index in [0.717, 1.165) is 5.56 Å². The largest absolute Gasteiger partial charge is 0.481 e. The van der Waals surface area contributed by atoms with Gasteiger partial charge in [0.1, 0.15) is 0 Å². The molecule has 3 N–H and O–H groups in total. The molecule has 6 nitrogen and oxygen atoms in total. The van der Waals surface area contributed by atoms with Crippen molar-refractivity contribution < 1.29 is 19.5 Å². The maximum Gasteiger partial charge on any atom is 0.303 e. The van der Waals surface area contributed by atoms with E-state index in [4.69, 9.17) is 5.11 Å². The SMILES string of the molecule is CC(=O)NCC(=O)NC(CCC(=O)O)c1ccccc1. The van der Waals surface area contributed by atoms with E-state index in [1.165, 1.54) is 6.92 Å². The molecule has 0 fully saturated rings. The molecule has 1 unspecified atom stereocenters. The second kappa shape index (κ2) is 7.93. The Morgan fingerprint density at radius 2 is 1.85 bits per heavy atom. The van der Waals surface area contributed by atoms with Crippen LogP contribution >= 0.6 is 0 Å². The topological polar surface area (TPSA) is 95.5 Å². The van der Waals surface area contributed by atoms with Crippen molar-refractivity contribution in [2.45, 2.75) is 25.8 Å². The van der Waals surface area contributed by atoms with E-state index in [-0.39, 0.29) is 30.8 Å². The zero-order valence-corrected chi connectivity index (χ0v) is 11.3. The third-order valence-corrected chi connectivity index (χ3v) is 2.68. The van der Waals surface area contributed by atoms with Gasteiger partial charge in [-0.1, -0.05) is 30.3 Å². The molecule has 1 aromatic carbocycles. The maximum absolute atomic E-state index is 11.7. The van der Waals surface area contributed by atoms with Gasteiger partial charge in [0, 0.05) is 13.3 Å². The van der Waals surface area contributed by atoms with Crippen LogP contribution in [-0.2, 0) is 14.4 Å². The minimum atomic E-state index is -0.915. The Balaban J connectivity index is 2.65. The molecular weight excluding hydrogens is 260 g/mol. The Morgan fingerprint density at radius 3 is 2.40 bits per heavy atom. The first-order valence-corrected chi connectivity index (χ1v) is 6.29. The molecule has 1 rings (SSSR count). The Morgan fingerprint density at radius 1 is 1.20 bits per heavy atom. The molecule has 6 heteroatoms. The molecule has 0 radical (unpaired) electrons. The normalized spacial score (nSPS) is 11.4. The van der Waals surface area contributed by atoms with E-state index in [0.29, 0.717) is 6.42 Å². The molecule has 0 aromatic heterocycles. The number of amides is 2. The monoisotopic (exact) mass is 278 g/mol. The van der Waals surface area contributed by atoms with Crippen LogP contribution in [0, 0.1) is 0 Å². The van der Waals surface area contributed by atoms with Crippen molar-refractivity contribution in [3.05, 3.63) is 35.9 Å². The van der Waals surface area contributed by atoms with Gasteiger partial charge in [-0.05, 0) is 12.0 Å². The highest BCUT2D eigenvalue weighted by Gasteiger charge is 2.15. The molecule has 20 heavy (non-hydrogen) atoms. The predicted molar refractivity (Wildman–Crippen MR) is 72.9 cm³/mol. The molecule has 1 atom stereocenters. The van der Waals surface area contributed by atoms with Gasteiger partial charge in [-0.3, -0.25) is 14.4 Å². The van der Waals surface area contributed by atoms with E-state index < -0.39 is 5.97 Å². The Hall–Kier alpha value is -2.37. The molecule has 1 aromatic rings. The summed E-state index contributed by atoms with van der Waals surface area (Å²) in [6.07, 6.45) is 0.255. The molecule has 108 valence electrons. The highest BCUT2D eigenvalue weighted by Crippen LogP contribution is 2.18. The second-order valence-corrected chi connectivity index (χ2v) is 4.37. The zero-order valence-electron chi connectivity index (χ0n) is 11.3. The smallest absolute Gasteiger partial charge is 0.303 e. The summed E-state index contributed by atoms with van der Waals surface area (Å²) in [6.45, 7) is 1.21. The van der Waals surface area contributed by atoms with Crippen LogP contribution in [0.2, 0.25) is 0 Å². The lowest BCUT2D eigenvalue weighted by atomic mass is 10.0. The minimum absolute atomic E-state index is 0.0417. The Labute approximate surface area is 117 Å². The fraction of sp³-hybridized carbons (Fsp3) is 0.357. The average Bonchev–Trinajstić information content (AvgIpc) is 2.42. The van der Waals surface area contributed by atoms with Crippen LogP contribution in [0.3, 0.4) is 0 Å². The molecule has 0 aliphatic heterocycles. The van der Waals surface area contributed by atoms with Crippen molar-refractivity contribution in [3.63, 3.8) is 0 Å². The van der Waals surface area contributed by atoms with Crippen LogP contribution in [-0.4, -0.2) is 29.4 Å².